The Morgan fingerprint density at radius 3 is 2.95 bits per heavy atom. The Labute approximate surface area is 122 Å². The highest BCUT2D eigenvalue weighted by Gasteiger charge is 2.18. The fourth-order valence-electron chi connectivity index (χ4n) is 3.20. The number of nitrogens with one attached hydrogen (secondary N) is 1. The van der Waals surface area contributed by atoms with Gasteiger partial charge in [-0.3, -0.25) is 0 Å². The van der Waals surface area contributed by atoms with Gasteiger partial charge in [0.15, 0.2) is 0 Å². The average molecular weight is 274 g/mol. The summed E-state index contributed by atoms with van der Waals surface area (Å²) in [6.45, 7) is 6.75. The zero-order valence-electron chi connectivity index (χ0n) is 12.7. The molecule has 1 aromatic rings. The molecule has 1 aromatic carbocycles. The van der Waals surface area contributed by atoms with Crippen LogP contribution < -0.4 is 10.1 Å². The molecule has 110 valence electrons. The van der Waals surface area contributed by atoms with Gasteiger partial charge in [0.2, 0.25) is 0 Å². The van der Waals surface area contributed by atoms with Crippen molar-refractivity contribution in [2.45, 2.75) is 32.2 Å². The molecule has 20 heavy (non-hydrogen) atoms. The summed E-state index contributed by atoms with van der Waals surface area (Å²) in [5.74, 6) is 1.92. The van der Waals surface area contributed by atoms with E-state index in [2.05, 4.69) is 42.4 Å². The van der Waals surface area contributed by atoms with Crippen molar-refractivity contribution >= 4 is 0 Å². The molecule has 0 aliphatic carbocycles. The van der Waals surface area contributed by atoms with Gasteiger partial charge in [0, 0.05) is 12.5 Å². The minimum absolute atomic E-state index is 0.431. The molecule has 1 unspecified atom stereocenters. The number of benzene rings is 1. The Kier molecular flexibility index (Phi) is 4.27. The highest BCUT2D eigenvalue weighted by Crippen LogP contribution is 2.28. The first-order valence-electron chi connectivity index (χ1n) is 7.90. The first-order valence-corrected chi connectivity index (χ1v) is 7.90. The van der Waals surface area contributed by atoms with Gasteiger partial charge in [0.25, 0.3) is 0 Å². The number of hydrogen-bond acceptors (Lipinski definition) is 3. The van der Waals surface area contributed by atoms with Gasteiger partial charge >= 0.3 is 0 Å². The third-order valence-corrected chi connectivity index (χ3v) is 4.76. The topological polar surface area (TPSA) is 24.5 Å². The van der Waals surface area contributed by atoms with E-state index in [0.29, 0.717) is 6.04 Å². The molecule has 3 rings (SSSR count). The van der Waals surface area contributed by atoms with Crippen LogP contribution in [0.2, 0.25) is 0 Å². The first kappa shape index (κ1) is 13.9. The predicted octanol–water partition coefficient (Wildman–Crippen LogP) is 2.61. The van der Waals surface area contributed by atoms with Crippen LogP contribution in [-0.2, 0) is 6.42 Å². The maximum absolute atomic E-state index is 5.57. The lowest BCUT2D eigenvalue weighted by molar-refractivity contribution is 0.213. The number of hydrogen-bond donors (Lipinski definition) is 1. The van der Waals surface area contributed by atoms with Gasteiger partial charge in [-0.05, 0) is 69.6 Å². The van der Waals surface area contributed by atoms with E-state index in [1.165, 1.54) is 37.1 Å². The Morgan fingerprint density at radius 2 is 2.15 bits per heavy atom. The van der Waals surface area contributed by atoms with Gasteiger partial charge in [0.1, 0.15) is 5.75 Å². The molecule has 0 amide bonds. The smallest absolute Gasteiger partial charge is 0.122 e. The lowest BCUT2D eigenvalue weighted by Gasteiger charge is -2.30. The molecule has 3 nitrogen and oxygen atoms in total. The maximum atomic E-state index is 5.57. The molecule has 1 saturated heterocycles. The van der Waals surface area contributed by atoms with Crippen molar-refractivity contribution in [1.82, 2.24) is 10.2 Å². The number of likely N-dealkylation sites (tertiary alicyclic amines) is 1. The quantitative estimate of drug-likeness (QED) is 0.913. The van der Waals surface area contributed by atoms with E-state index in [1.807, 2.05) is 0 Å². The van der Waals surface area contributed by atoms with Gasteiger partial charge < -0.3 is 15.0 Å². The van der Waals surface area contributed by atoms with Crippen molar-refractivity contribution in [3.8, 4) is 5.75 Å². The molecule has 2 aliphatic rings. The fourth-order valence-corrected chi connectivity index (χ4v) is 3.20. The van der Waals surface area contributed by atoms with Crippen LogP contribution in [-0.4, -0.2) is 38.2 Å². The normalized spacial score (nSPS) is 21.5. The largest absolute Gasteiger partial charge is 0.493 e. The molecule has 2 heterocycles. The standard InChI is InChI=1S/C17H26N2O/c1-13(18-12-14-5-8-19(2)9-6-14)15-3-4-17-16(11-15)7-10-20-17/h3-4,11,13-14,18H,5-10,12H2,1-2H3. The molecular weight excluding hydrogens is 248 g/mol. The van der Waals surface area contributed by atoms with Crippen LogP contribution in [0.15, 0.2) is 18.2 Å². The monoisotopic (exact) mass is 274 g/mol. The molecule has 0 radical (unpaired) electrons. The molecule has 0 spiro atoms. The summed E-state index contributed by atoms with van der Waals surface area (Å²) in [7, 11) is 2.22. The van der Waals surface area contributed by atoms with Gasteiger partial charge in [-0.25, -0.2) is 0 Å². The van der Waals surface area contributed by atoms with Crippen LogP contribution in [0.4, 0.5) is 0 Å². The SMILES string of the molecule is CC(NCC1CCN(C)CC1)c1ccc2c(c1)CCO2. The lowest BCUT2D eigenvalue weighted by atomic mass is 9.96. The molecule has 2 aliphatic heterocycles. The van der Waals surface area contributed by atoms with Crippen LogP contribution in [0.5, 0.6) is 5.75 Å². The van der Waals surface area contributed by atoms with Crippen LogP contribution >= 0.6 is 0 Å². The summed E-state index contributed by atoms with van der Waals surface area (Å²) in [6, 6.07) is 7.08. The number of rotatable bonds is 4. The first-order chi connectivity index (χ1) is 9.72. The molecule has 0 aromatic heterocycles. The number of ether oxygens (including phenoxy) is 1. The van der Waals surface area contributed by atoms with Crippen molar-refractivity contribution in [2.24, 2.45) is 5.92 Å². The molecule has 1 N–H and O–H groups in total. The third-order valence-electron chi connectivity index (χ3n) is 4.76. The molecule has 0 saturated carbocycles. The summed E-state index contributed by atoms with van der Waals surface area (Å²) in [5.41, 5.74) is 2.76. The van der Waals surface area contributed by atoms with Gasteiger partial charge in [0.05, 0.1) is 6.61 Å². The minimum atomic E-state index is 0.431. The van der Waals surface area contributed by atoms with Crippen LogP contribution in [0.3, 0.4) is 0 Å². The van der Waals surface area contributed by atoms with E-state index >= 15 is 0 Å². The Morgan fingerprint density at radius 1 is 1.35 bits per heavy atom. The van der Waals surface area contributed by atoms with E-state index in [-0.39, 0.29) is 0 Å². The summed E-state index contributed by atoms with van der Waals surface area (Å²) < 4.78 is 5.57. The zero-order chi connectivity index (χ0) is 13.9. The van der Waals surface area contributed by atoms with Gasteiger partial charge in [-0.15, -0.1) is 0 Å². The van der Waals surface area contributed by atoms with E-state index in [4.69, 9.17) is 4.74 Å². The van der Waals surface area contributed by atoms with Gasteiger partial charge in [-0.1, -0.05) is 12.1 Å². The van der Waals surface area contributed by atoms with Crippen molar-refractivity contribution < 1.29 is 4.74 Å². The Balaban J connectivity index is 1.52. The third kappa shape index (κ3) is 3.15. The average Bonchev–Trinajstić information content (AvgIpc) is 2.93. The molecule has 1 atom stereocenters. The highest BCUT2D eigenvalue weighted by molar-refractivity contribution is 5.40. The number of nitrogens with zero attached hydrogens (tertiary/aromatic N) is 1. The summed E-state index contributed by atoms with van der Waals surface area (Å²) in [6.07, 6.45) is 3.72. The lowest BCUT2D eigenvalue weighted by Crippen LogP contribution is -2.35. The predicted molar refractivity (Wildman–Crippen MR) is 82.3 cm³/mol. The maximum Gasteiger partial charge on any atom is 0.122 e. The minimum Gasteiger partial charge on any atom is -0.493 e. The molecular formula is C17H26N2O. The number of fused-ring (bicyclic) bond motifs is 1. The number of piperidine rings is 1. The van der Waals surface area contributed by atoms with Crippen LogP contribution in [0, 0.1) is 5.92 Å². The van der Waals surface area contributed by atoms with Gasteiger partial charge in [-0.2, -0.15) is 0 Å². The van der Waals surface area contributed by atoms with E-state index in [0.717, 1.165) is 31.2 Å². The van der Waals surface area contributed by atoms with E-state index in [1.54, 1.807) is 0 Å². The summed E-state index contributed by atoms with van der Waals surface area (Å²) in [5, 5.41) is 3.72. The molecule has 3 heteroatoms. The Bertz CT molecular complexity index is 452. The molecule has 1 fully saturated rings. The van der Waals surface area contributed by atoms with Crippen molar-refractivity contribution in [3.05, 3.63) is 29.3 Å². The van der Waals surface area contributed by atoms with E-state index < -0.39 is 0 Å². The van der Waals surface area contributed by atoms with Crippen molar-refractivity contribution in [1.29, 1.82) is 0 Å². The summed E-state index contributed by atoms with van der Waals surface area (Å²) >= 11 is 0. The van der Waals surface area contributed by atoms with Crippen molar-refractivity contribution in [2.75, 3.05) is 33.3 Å². The second-order valence-corrected chi connectivity index (χ2v) is 6.34. The Hall–Kier alpha value is -1.06. The fraction of sp³-hybridized carbons (Fsp3) is 0.647. The van der Waals surface area contributed by atoms with Crippen LogP contribution in [0.25, 0.3) is 0 Å². The summed E-state index contributed by atoms with van der Waals surface area (Å²) in [4.78, 5) is 2.43. The highest BCUT2D eigenvalue weighted by atomic mass is 16.5. The second kappa shape index (κ2) is 6.15. The zero-order valence-corrected chi connectivity index (χ0v) is 12.7. The van der Waals surface area contributed by atoms with Crippen molar-refractivity contribution in [3.63, 3.8) is 0 Å². The molecule has 0 bridgehead atoms. The van der Waals surface area contributed by atoms with Crippen LogP contribution in [0.1, 0.15) is 36.9 Å². The second-order valence-electron chi connectivity index (χ2n) is 6.34. The van der Waals surface area contributed by atoms with E-state index in [9.17, 15) is 0 Å².